The van der Waals surface area contributed by atoms with Crippen molar-refractivity contribution >= 4 is 52.2 Å². The third-order valence-corrected chi connectivity index (χ3v) is 9.68. The maximum Gasteiger partial charge on any atom is 0.323 e. The van der Waals surface area contributed by atoms with E-state index in [-0.39, 0.29) is 5.65 Å². The number of hydrogen-bond acceptors (Lipinski definition) is 11. The molecule has 6 atom stereocenters. The molecular formula is C29H35F2N6O6PS. The first kappa shape index (κ1) is 33.0. The third kappa shape index (κ3) is 6.51. The Balaban J connectivity index is 1.45. The summed E-state index contributed by atoms with van der Waals surface area (Å²) in [5.41, 5.74) is -2.21. The number of hydrogen-bond donors (Lipinski definition) is 3. The van der Waals surface area contributed by atoms with E-state index in [0.717, 1.165) is 12.3 Å². The summed E-state index contributed by atoms with van der Waals surface area (Å²) < 4.78 is 56.9. The molecule has 0 amide bonds. The van der Waals surface area contributed by atoms with Gasteiger partial charge in [-0.1, -0.05) is 36.4 Å². The van der Waals surface area contributed by atoms with Gasteiger partial charge in [-0.3, -0.25) is 9.36 Å². The molecule has 0 radical (unpaired) electrons. The van der Waals surface area contributed by atoms with E-state index >= 15 is 8.78 Å². The van der Waals surface area contributed by atoms with Gasteiger partial charge in [-0.25, -0.2) is 28.8 Å². The van der Waals surface area contributed by atoms with Crippen molar-refractivity contribution in [3.8, 4) is 5.75 Å². The SMILES string of the molecule is CNc1nc(C)nc2c1ncn2[C@@H]1O[C@](F)(CO[P@](=S)(N[C@H](C)C(=O)OC(C)C)Oc2cccc3ccccc23)[C@@H](O)[C@@]1(C)F. The lowest BCUT2D eigenvalue weighted by molar-refractivity contribution is -0.202. The van der Waals surface area contributed by atoms with Crippen molar-refractivity contribution in [2.24, 2.45) is 0 Å². The minimum atomic E-state index is -3.82. The van der Waals surface area contributed by atoms with Gasteiger partial charge in [0.1, 0.15) is 24.2 Å². The number of carbonyl (C=O) groups is 1. The minimum Gasteiger partial charge on any atom is -0.462 e. The summed E-state index contributed by atoms with van der Waals surface area (Å²) in [4.78, 5) is 25.5. The lowest BCUT2D eigenvalue weighted by Gasteiger charge is -2.30. The highest BCUT2D eigenvalue weighted by molar-refractivity contribution is 8.09. The normalized spacial score (nSPS) is 25.4. The summed E-state index contributed by atoms with van der Waals surface area (Å²) in [5, 5.41) is 18.2. The van der Waals surface area contributed by atoms with Gasteiger partial charge in [0.25, 0.3) is 5.85 Å². The first-order valence-corrected chi connectivity index (χ1v) is 16.8. The number of rotatable bonds is 11. The van der Waals surface area contributed by atoms with Crippen molar-refractivity contribution in [2.75, 3.05) is 19.0 Å². The monoisotopic (exact) mass is 664 g/mol. The van der Waals surface area contributed by atoms with E-state index in [1.54, 1.807) is 46.0 Å². The largest absolute Gasteiger partial charge is 0.462 e. The number of nitrogens with one attached hydrogen (secondary N) is 2. The molecule has 5 rings (SSSR count). The molecule has 3 heterocycles. The molecule has 1 fully saturated rings. The number of aromatic nitrogens is 4. The van der Waals surface area contributed by atoms with E-state index in [0.29, 0.717) is 28.3 Å². The fraction of sp³-hybridized carbons (Fsp3) is 0.448. The summed E-state index contributed by atoms with van der Waals surface area (Å²) in [5.74, 6) is -2.70. The molecular weight excluding hydrogens is 629 g/mol. The topological polar surface area (TPSA) is 142 Å². The van der Waals surface area contributed by atoms with Crippen LogP contribution in [0.15, 0.2) is 48.8 Å². The molecule has 0 aliphatic carbocycles. The van der Waals surface area contributed by atoms with Gasteiger partial charge < -0.3 is 28.9 Å². The van der Waals surface area contributed by atoms with Crippen molar-refractivity contribution in [1.82, 2.24) is 24.6 Å². The predicted molar refractivity (Wildman–Crippen MR) is 168 cm³/mol. The lowest BCUT2D eigenvalue weighted by atomic mass is 9.97. The quantitative estimate of drug-likeness (QED) is 0.149. The highest BCUT2D eigenvalue weighted by Crippen LogP contribution is 2.52. The Morgan fingerprint density at radius 1 is 1.20 bits per heavy atom. The lowest BCUT2D eigenvalue weighted by Crippen LogP contribution is -2.47. The molecule has 2 aromatic heterocycles. The second-order valence-electron chi connectivity index (χ2n) is 11.2. The molecule has 0 unspecified atom stereocenters. The predicted octanol–water partition coefficient (Wildman–Crippen LogP) is 4.86. The van der Waals surface area contributed by atoms with Gasteiger partial charge in [-0.15, -0.1) is 0 Å². The molecule has 3 N–H and O–H groups in total. The minimum absolute atomic E-state index is 0.168. The third-order valence-electron chi connectivity index (χ3n) is 7.21. The van der Waals surface area contributed by atoms with Crippen LogP contribution in [0.5, 0.6) is 5.75 Å². The van der Waals surface area contributed by atoms with Crippen molar-refractivity contribution < 1.29 is 37.2 Å². The number of anilines is 1. The standard InChI is InChI=1S/C29H35F2N6O6PS/c1-16(2)41-25(38)17(3)36-44(45,43-21-13-9-11-19-10-7-8-12-20(19)21)40-14-29(31)26(39)28(5,30)27(42-29)37-15-33-22-23(32-6)34-18(4)35-24(22)37/h7-13,15-17,26-27,39H,14H2,1-6H3,(H,36,45)(H,32,34,35)/t17-,26+,27-,28-,29-,44-/m1/s1. The van der Waals surface area contributed by atoms with Gasteiger partial charge >= 0.3 is 12.6 Å². The Morgan fingerprint density at radius 3 is 2.62 bits per heavy atom. The molecule has 1 aliphatic rings. The molecule has 0 saturated carbocycles. The molecule has 2 aromatic carbocycles. The van der Waals surface area contributed by atoms with Gasteiger partial charge in [0.05, 0.1) is 12.4 Å². The molecule has 0 spiro atoms. The van der Waals surface area contributed by atoms with Crippen LogP contribution in [0.3, 0.4) is 0 Å². The second kappa shape index (κ2) is 12.5. The van der Waals surface area contributed by atoms with Gasteiger partial charge in [0.2, 0.25) is 0 Å². The number of esters is 1. The van der Waals surface area contributed by atoms with Gasteiger partial charge in [-0.05, 0) is 57.9 Å². The van der Waals surface area contributed by atoms with Gasteiger partial charge in [-0.2, -0.15) is 0 Å². The maximum absolute atomic E-state index is 16.5. The Kier molecular flexibility index (Phi) is 9.15. The summed E-state index contributed by atoms with van der Waals surface area (Å²) >= 11 is 5.76. The van der Waals surface area contributed by atoms with Crippen LogP contribution in [0, 0.1) is 6.92 Å². The number of aryl methyl sites for hydroxylation is 1. The molecule has 45 heavy (non-hydrogen) atoms. The van der Waals surface area contributed by atoms with Crippen molar-refractivity contribution in [3.05, 3.63) is 54.6 Å². The number of nitrogens with zero attached hydrogens (tertiary/aromatic N) is 4. The van der Waals surface area contributed by atoms with E-state index < -0.39 is 55.2 Å². The van der Waals surface area contributed by atoms with Crippen LogP contribution in [-0.2, 0) is 30.6 Å². The van der Waals surface area contributed by atoms with Crippen LogP contribution in [0.25, 0.3) is 21.9 Å². The summed E-state index contributed by atoms with van der Waals surface area (Å²) in [6.07, 6.45) is -3.20. The first-order chi connectivity index (χ1) is 21.2. The number of ether oxygens (including phenoxy) is 2. The van der Waals surface area contributed by atoms with E-state index in [4.69, 9.17) is 30.3 Å². The number of aliphatic hydroxyl groups is 1. The van der Waals surface area contributed by atoms with E-state index in [1.807, 2.05) is 24.3 Å². The van der Waals surface area contributed by atoms with Crippen molar-refractivity contribution in [3.63, 3.8) is 0 Å². The Morgan fingerprint density at radius 2 is 1.91 bits per heavy atom. The molecule has 242 valence electrons. The number of aliphatic hydroxyl groups excluding tert-OH is 1. The highest BCUT2D eigenvalue weighted by atomic mass is 32.5. The summed E-state index contributed by atoms with van der Waals surface area (Å²) in [6, 6.07) is 11.6. The van der Waals surface area contributed by atoms with Gasteiger partial charge in [0.15, 0.2) is 35.0 Å². The van der Waals surface area contributed by atoms with Crippen LogP contribution in [0.2, 0.25) is 0 Å². The molecule has 16 heteroatoms. The number of alkyl halides is 2. The molecule has 12 nitrogen and oxygen atoms in total. The molecule has 1 saturated heterocycles. The van der Waals surface area contributed by atoms with E-state index in [9.17, 15) is 9.90 Å². The first-order valence-electron chi connectivity index (χ1n) is 14.2. The average Bonchev–Trinajstić information content (AvgIpc) is 3.48. The average molecular weight is 665 g/mol. The van der Waals surface area contributed by atoms with Crippen LogP contribution >= 0.6 is 6.64 Å². The maximum atomic E-state index is 16.5. The smallest absolute Gasteiger partial charge is 0.323 e. The fourth-order valence-corrected chi connectivity index (χ4v) is 7.42. The zero-order valence-corrected chi connectivity index (χ0v) is 27.2. The summed E-state index contributed by atoms with van der Waals surface area (Å²) in [6.45, 7) is 2.66. The number of halogens is 2. The molecule has 0 bridgehead atoms. The van der Waals surface area contributed by atoms with Crippen LogP contribution in [-0.4, -0.2) is 74.0 Å². The fourth-order valence-electron chi connectivity index (χ4n) is 5.03. The van der Waals surface area contributed by atoms with Crippen LogP contribution in [0.1, 0.15) is 39.7 Å². The zero-order chi connectivity index (χ0) is 32.7. The number of fused-ring (bicyclic) bond motifs is 2. The van der Waals surface area contributed by atoms with Crippen LogP contribution < -0.4 is 14.9 Å². The Hall–Kier alpha value is -3.33. The molecule has 4 aromatic rings. The Labute approximate surface area is 263 Å². The second-order valence-corrected chi connectivity index (χ2v) is 14.3. The zero-order valence-electron chi connectivity index (χ0n) is 25.5. The number of benzene rings is 2. The van der Waals surface area contributed by atoms with Crippen LogP contribution in [0.4, 0.5) is 14.6 Å². The molecule has 1 aliphatic heterocycles. The number of imidazole rings is 1. The Bertz CT molecular complexity index is 1770. The number of carbonyl (C=O) groups excluding carboxylic acids is 1. The van der Waals surface area contributed by atoms with E-state index in [1.165, 1.54) is 17.8 Å². The van der Waals surface area contributed by atoms with Crippen molar-refractivity contribution in [1.29, 1.82) is 0 Å². The van der Waals surface area contributed by atoms with Crippen molar-refractivity contribution in [2.45, 2.75) is 70.6 Å². The summed E-state index contributed by atoms with van der Waals surface area (Å²) in [7, 11) is 1.64. The van der Waals surface area contributed by atoms with E-state index in [2.05, 4.69) is 25.4 Å². The van der Waals surface area contributed by atoms with Gasteiger partial charge in [0, 0.05) is 12.4 Å². The highest BCUT2D eigenvalue weighted by Gasteiger charge is 2.65.